The van der Waals surface area contributed by atoms with Gasteiger partial charge >= 0.3 is 0 Å². The molecule has 1 heterocycles. The smallest absolute Gasteiger partial charge is 0.191 e. The van der Waals surface area contributed by atoms with Crippen LogP contribution in [0.25, 0.3) is 0 Å². The number of halogens is 1. The zero-order chi connectivity index (χ0) is 17.8. The Labute approximate surface area is 171 Å². The zero-order valence-corrected chi connectivity index (χ0v) is 19.1. The molecule has 150 valence electrons. The van der Waals surface area contributed by atoms with Crippen molar-refractivity contribution in [2.24, 2.45) is 10.9 Å². The number of ether oxygens (including phenoxy) is 2. The highest BCUT2D eigenvalue weighted by Gasteiger charge is 2.34. The van der Waals surface area contributed by atoms with E-state index in [0.29, 0.717) is 12.5 Å². The lowest BCUT2D eigenvalue weighted by Crippen LogP contribution is -2.51. The lowest BCUT2D eigenvalue weighted by molar-refractivity contribution is -0.00255. The van der Waals surface area contributed by atoms with Crippen LogP contribution in [-0.2, 0) is 9.47 Å². The molecule has 0 aromatic heterocycles. The van der Waals surface area contributed by atoms with Crippen LogP contribution >= 0.6 is 24.0 Å². The summed E-state index contributed by atoms with van der Waals surface area (Å²) in [5.41, 5.74) is 0.106. The van der Waals surface area contributed by atoms with Gasteiger partial charge in [-0.2, -0.15) is 0 Å². The van der Waals surface area contributed by atoms with Crippen LogP contribution in [0.15, 0.2) is 4.99 Å². The van der Waals surface area contributed by atoms with Crippen molar-refractivity contribution in [1.29, 1.82) is 0 Å². The summed E-state index contributed by atoms with van der Waals surface area (Å²) in [4.78, 5) is 7.12. The maximum Gasteiger partial charge on any atom is 0.191 e. The van der Waals surface area contributed by atoms with Crippen LogP contribution in [-0.4, -0.2) is 76.6 Å². The monoisotopic (exact) mass is 470 g/mol. The van der Waals surface area contributed by atoms with E-state index in [0.717, 1.165) is 64.7 Å². The molecule has 0 atom stereocenters. The fraction of sp³-hybridized carbons (Fsp3) is 0.944. The first-order valence-corrected chi connectivity index (χ1v) is 9.35. The molecule has 1 rings (SSSR count). The molecule has 1 aliphatic heterocycles. The van der Waals surface area contributed by atoms with Gasteiger partial charge in [-0.05, 0) is 46.2 Å². The Morgan fingerprint density at radius 1 is 1.20 bits per heavy atom. The molecule has 2 N–H and O–H groups in total. The van der Waals surface area contributed by atoms with Crippen LogP contribution in [0.2, 0.25) is 0 Å². The topological polar surface area (TPSA) is 58.1 Å². The van der Waals surface area contributed by atoms with Crippen LogP contribution in [0.4, 0.5) is 0 Å². The molecule has 7 heteroatoms. The number of likely N-dealkylation sites (N-methyl/N-ethyl adjacent to an activating group) is 1. The van der Waals surface area contributed by atoms with Gasteiger partial charge in [0.15, 0.2) is 5.96 Å². The summed E-state index contributed by atoms with van der Waals surface area (Å²) < 4.78 is 11.2. The summed E-state index contributed by atoms with van der Waals surface area (Å²) in [5, 5.41) is 6.69. The molecule has 0 amide bonds. The van der Waals surface area contributed by atoms with E-state index in [1.165, 1.54) is 0 Å². The molecule has 1 fully saturated rings. The van der Waals surface area contributed by atoms with Crippen LogP contribution < -0.4 is 10.6 Å². The van der Waals surface area contributed by atoms with Crippen molar-refractivity contribution in [3.63, 3.8) is 0 Å². The van der Waals surface area contributed by atoms with Gasteiger partial charge < -0.3 is 25.0 Å². The molecule has 0 radical (unpaired) electrons. The Kier molecular flexibility index (Phi) is 13.9. The Bertz CT molecular complexity index is 359. The van der Waals surface area contributed by atoms with Gasteiger partial charge in [-0.1, -0.05) is 13.8 Å². The van der Waals surface area contributed by atoms with Gasteiger partial charge in [0, 0.05) is 38.4 Å². The number of rotatable bonds is 10. The van der Waals surface area contributed by atoms with E-state index in [2.05, 4.69) is 50.4 Å². The highest BCUT2D eigenvalue weighted by molar-refractivity contribution is 14.0. The summed E-state index contributed by atoms with van der Waals surface area (Å²) in [7, 11) is 4.29. The van der Waals surface area contributed by atoms with Crippen LogP contribution in [0.5, 0.6) is 0 Å². The molecule has 0 bridgehead atoms. The minimum atomic E-state index is 0. The Hall–Kier alpha value is -0.120. The normalized spacial score (nSPS) is 17.5. The van der Waals surface area contributed by atoms with Crippen molar-refractivity contribution in [1.82, 2.24) is 15.5 Å². The van der Waals surface area contributed by atoms with Crippen molar-refractivity contribution >= 4 is 29.9 Å². The van der Waals surface area contributed by atoms with Gasteiger partial charge in [0.1, 0.15) is 0 Å². The Morgan fingerprint density at radius 3 is 2.44 bits per heavy atom. The summed E-state index contributed by atoms with van der Waals surface area (Å²) >= 11 is 0. The first kappa shape index (κ1) is 24.9. The number of aliphatic imine (C=N–C) groups is 1. The molecule has 25 heavy (non-hydrogen) atoms. The third-order valence-electron chi connectivity index (χ3n) is 4.63. The summed E-state index contributed by atoms with van der Waals surface area (Å²) in [6.45, 7) is 12.1. The molecular weight excluding hydrogens is 431 g/mol. The number of hydrogen-bond donors (Lipinski definition) is 2. The molecule has 1 saturated heterocycles. The lowest BCUT2D eigenvalue weighted by Gasteiger charge is -2.41. The fourth-order valence-corrected chi connectivity index (χ4v) is 2.73. The maximum atomic E-state index is 5.66. The van der Waals surface area contributed by atoms with Crippen LogP contribution in [0, 0.1) is 5.92 Å². The molecular formula is C18H39IN4O2. The summed E-state index contributed by atoms with van der Waals surface area (Å²) in [6, 6.07) is 0. The largest absolute Gasteiger partial charge is 0.381 e. The predicted molar refractivity (Wildman–Crippen MR) is 116 cm³/mol. The second kappa shape index (κ2) is 14.0. The minimum absolute atomic E-state index is 0. The van der Waals surface area contributed by atoms with Crippen molar-refractivity contribution in [3.05, 3.63) is 0 Å². The predicted octanol–water partition coefficient (Wildman–Crippen LogP) is 2.33. The van der Waals surface area contributed by atoms with E-state index in [1.54, 1.807) is 0 Å². The van der Waals surface area contributed by atoms with Crippen molar-refractivity contribution in [3.8, 4) is 0 Å². The third-order valence-corrected chi connectivity index (χ3v) is 4.63. The first-order valence-electron chi connectivity index (χ1n) is 9.35. The van der Waals surface area contributed by atoms with Gasteiger partial charge in [0.25, 0.3) is 0 Å². The van der Waals surface area contributed by atoms with Gasteiger partial charge in [-0.25, -0.2) is 0 Å². The SMILES string of the molecule is CCNC(=NCC1(N(C)C)CCOCC1)NCCOCCC(C)C.I. The van der Waals surface area contributed by atoms with Crippen molar-refractivity contribution in [2.75, 3.05) is 60.2 Å². The number of nitrogens with zero attached hydrogens (tertiary/aromatic N) is 2. The minimum Gasteiger partial charge on any atom is -0.381 e. The molecule has 0 aliphatic carbocycles. The van der Waals surface area contributed by atoms with Crippen molar-refractivity contribution in [2.45, 2.75) is 45.6 Å². The van der Waals surface area contributed by atoms with Gasteiger partial charge in [0.2, 0.25) is 0 Å². The molecule has 0 unspecified atom stereocenters. The highest BCUT2D eigenvalue weighted by atomic mass is 127. The molecule has 0 aromatic carbocycles. The molecule has 0 aromatic rings. The maximum absolute atomic E-state index is 5.66. The van der Waals surface area contributed by atoms with E-state index in [1.807, 2.05) is 0 Å². The third kappa shape index (κ3) is 9.96. The Morgan fingerprint density at radius 2 is 1.88 bits per heavy atom. The number of nitrogens with one attached hydrogen (secondary N) is 2. The summed E-state index contributed by atoms with van der Waals surface area (Å²) in [6.07, 6.45) is 3.17. The van der Waals surface area contributed by atoms with E-state index in [9.17, 15) is 0 Å². The fourth-order valence-electron chi connectivity index (χ4n) is 2.73. The highest BCUT2D eigenvalue weighted by Crippen LogP contribution is 2.26. The van der Waals surface area contributed by atoms with Crippen molar-refractivity contribution < 1.29 is 9.47 Å². The van der Waals surface area contributed by atoms with Gasteiger partial charge in [-0.3, -0.25) is 4.99 Å². The molecule has 6 nitrogen and oxygen atoms in total. The Balaban J connectivity index is 0.00000576. The quantitative estimate of drug-likeness (QED) is 0.222. The standard InChI is InChI=1S/C18H38N4O2.HI/c1-6-19-17(20-10-14-23-11-7-16(2)3)21-15-18(22(4)5)8-12-24-13-9-18;/h16H,6-15H2,1-5H3,(H2,19,20,21);1H. The number of guanidine groups is 1. The molecule has 1 aliphatic rings. The molecule has 0 saturated carbocycles. The zero-order valence-electron chi connectivity index (χ0n) is 16.8. The second-order valence-electron chi connectivity index (χ2n) is 7.15. The van der Waals surface area contributed by atoms with Gasteiger partial charge in [-0.15, -0.1) is 24.0 Å². The van der Waals surface area contributed by atoms with E-state index in [4.69, 9.17) is 14.5 Å². The first-order chi connectivity index (χ1) is 11.5. The number of hydrogen-bond acceptors (Lipinski definition) is 4. The molecule has 0 spiro atoms. The van der Waals surface area contributed by atoms with Crippen LogP contribution in [0.3, 0.4) is 0 Å². The van der Waals surface area contributed by atoms with E-state index >= 15 is 0 Å². The van der Waals surface area contributed by atoms with Crippen LogP contribution in [0.1, 0.15) is 40.0 Å². The average molecular weight is 470 g/mol. The van der Waals surface area contributed by atoms with E-state index in [-0.39, 0.29) is 29.5 Å². The van der Waals surface area contributed by atoms with Gasteiger partial charge in [0.05, 0.1) is 13.2 Å². The van der Waals surface area contributed by atoms with E-state index < -0.39 is 0 Å². The average Bonchev–Trinajstić information content (AvgIpc) is 2.56. The second-order valence-corrected chi connectivity index (χ2v) is 7.15. The lowest BCUT2D eigenvalue weighted by atomic mass is 9.89. The summed E-state index contributed by atoms with van der Waals surface area (Å²) in [5.74, 6) is 1.57.